The first kappa shape index (κ1) is 16.8. The van der Waals surface area contributed by atoms with Crippen LogP contribution in [0, 0.1) is 0 Å². The highest BCUT2D eigenvalue weighted by Gasteiger charge is 2.23. The Morgan fingerprint density at radius 2 is 2.09 bits per heavy atom. The Balaban J connectivity index is 1.80. The molecule has 0 radical (unpaired) electrons. The fourth-order valence-electron chi connectivity index (χ4n) is 2.37. The zero-order valence-corrected chi connectivity index (χ0v) is 13.4. The molecule has 1 saturated heterocycles. The second-order valence-corrected chi connectivity index (χ2v) is 5.80. The van der Waals surface area contributed by atoms with Crippen molar-refractivity contribution in [2.45, 2.75) is 32.4 Å². The molecular weight excluding hydrogens is 304 g/mol. The van der Waals surface area contributed by atoms with Gasteiger partial charge in [-0.25, -0.2) is 0 Å². The second kappa shape index (κ2) is 8.15. The maximum absolute atomic E-state index is 11.8. The van der Waals surface area contributed by atoms with Crippen LogP contribution in [0.5, 0.6) is 0 Å². The Kier molecular flexibility index (Phi) is 6.21. The zero-order valence-electron chi connectivity index (χ0n) is 12.7. The third-order valence-corrected chi connectivity index (χ3v) is 3.89. The van der Waals surface area contributed by atoms with Gasteiger partial charge in [0.15, 0.2) is 0 Å². The lowest BCUT2D eigenvalue weighted by molar-refractivity contribution is -0.132. The molecule has 1 aliphatic heterocycles. The SMILES string of the molecule is CC(=O)N(CCNC(=O)C1CCCO1)Cc1ccc(Cl)cc1. The summed E-state index contributed by atoms with van der Waals surface area (Å²) in [6, 6.07) is 7.38. The number of hydrogen-bond acceptors (Lipinski definition) is 3. The van der Waals surface area contributed by atoms with Gasteiger partial charge in [0.2, 0.25) is 11.8 Å². The average molecular weight is 325 g/mol. The zero-order chi connectivity index (χ0) is 15.9. The van der Waals surface area contributed by atoms with E-state index >= 15 is 0 Å². The van der Waals surface area contributed by atoms with Crippen molar-refractivity contribution < 1.29 is 14.3 Å². The van der Waals surface area contributed by atoms with Crippen LogP contribution in [0.25, 0.3) is 0 Å². The first-order valence-electron chi connectivity index (χ1n) is 7.45. The van der Waals surface area contributed by atoms with Crippen LogP contribution < -0.4 is 5.32 Å². The van der Waals surface area contributed by atoms with E-state index in [4.69, 9.17) is 16.3 Å². The first-order chi connectivity index (χ1) is 10.6. The predicted molar refractivity (Wildman–Crippen MR) is 84.5 cm³/mol. The van der Waals surface area contributed by atoms with Crippen LogP contribution in [0.3, 0.4) is 0 Å². The molecule has 0 aromatic heterocycles. The summed E-state index contributed by atoms with van der Waals surface area (Å²) < 4.78 is 5.32. The smallest absolute Gasteiger partial charge is 0.249 e. The number of carbonyl (C=O) groups excluding carboxylic acids is 2. The number of rotatable bonds is 6. The Labute approximate surface area is 135 Å². The lowest BCUT2D eigenvalue weighted by Crippen LogP contribution is -2.40. The summed E-state index contributed by atoms with van der Waals surface area (Å²) in [6.07, 6.45) is 1.36. The van der Waals surface area contributed by atoms with Crippen molar-refractivity contribution in [1.82, 2.24) is 10.2 Å². The van der Waals surface area contributed by atoms with Crippen molar-refractivity contribution in [3.8, 4) is 0 Å². The van der Waals surface area contributed by atoms with Gasteiger partial charge in [0, 0.05) is 38.2 Å². The van der Waals surface area contributed by atoms with Crippen LogP contribution in [0.15, 0.2) is 24.3 Å². The summed E-state index contributed by atoms with van der Waals surface area (Å²) in [5, 5.41) is 3.49. The fraction of sp³-hybridized carbons (Fsp3) is 0.500. The summed E-state index contributed by atoms with van der Waals surface area (Å²) in [5.74, 6) is -0.117. The van der Waals surface area contributed by atoms with Crippen LogP contribution in [-0.2, 0) is 20.9 Å². The summed E-state index contributed by atoms with van der Waals surface area (Å²) in [7, 11) is 0. The molecule has 0 saturated carbocycles. The van der Waals surface area contributed by atoms with Gasteiger partial charge in [-0.2, -0.15) is 0 Å². The van der Waals surface area contributed by atoms with E-state index in [0.29, 0.717) is 31.3 Å². The maximum atomic E-state index is 11.8. The average Bonchev–Trinajstić information content (AvgIpc) is 3.02. The van der Waals surface area contributed by atoms with Crippen molar-refractivity contribution in [1.29, 1.82) is 0 Å². The fourth-order valence-corrected chi connectivity index (χ4v) is 2.50. The molecule has 0 spiro atoms. The number of amides is 2. The number of hydrogen-bond donors (Lipinski definition) is 1. The van der Waals surface area contributed by atoms with E-state index in [0.717, 1.165) is 18.4 Å². The minimum Gasteiger partial charge on any atom is -0.368 e. The second-order valence-electron chi connectivity index (χ2n) is 5.36. The van der Waals surface area contributed by atoms with Crippen LogP contribution in [0.1, 0.15) is 25.3 Å². The number of ether oxygens (including phenoxy) is 1. The maximum Gasteiger partial charge on any atom is 0.249 e. The molecule has 120 valence electrons. The van der Waals surface area contributed by atoms with E-state index in [2.05, 4.69) is 5.32 Å². The van der Waals surface area contributed by atoms with Crippen molar-refractivity contribution in [2.75, 3.05) is 19.7 Å². The molecule has 1 N–H and O–H groups in total. The molecule has 0 aliphatic carbocycles. The molecule has 5 nitrogen and oxygen atoms in total. The molecule has 1 heterocycles. The standard InChI is InChI=1S/C16H21ClN2O3/c1-12(20)19(11-13-4-6-14(17)7-5-13)9-8-18-16(21)15-3-2-10-22-15/h4-7,15H,2-3,8-11H2,1H3,(H,18,21). The predicted octanol–water partition coefficient (Wildman–Crippen LogP) is 1.98. The van der Waals surface area contributed by atoms with Crippen molar-refractivity contribution >= 4 is 23.4 Å². The number of nitrogens with zero attached hydrogens (tertiary/aromatic N) is 1. The van der Waals surface area contributed by atoms with Gasteiger partial charge >= 0.3 is 0 Å². The number of benzene rings is 1. The van der Waals surface area contributed by atoms with Crippen molar-refractivity contribution in [3.05, 3.63) is 34.9 Å². The molecule has 1 fully saturated rings. The summed E-state index contributed by atoms with van der Waals surface area (Å²) in [4.78, 5) is 25.2. The molecule has 6 heteroatoms. The Morgan fingerprint density at radius 3 is 2.68 bits per heavy atom. The first-order valence-corrected chi connectivity index (χ1v) is 7.83. The van der Waals surface area contributed by atoms with Gasteiger partial charge in [0.1, 0.15) is 6.10 Å². The highest BCUT2D eigenvalue weighted by atomic mass is 35.5. The van der Waals surface area contributed by atoms with Crippen molar-refractivity contribution in [2.24, 2.45) is 0 Å². The lowest BCUT2D eigenvalue weighted by Gasteiger charge is -2.22. The molecule has 1 atom stereocenters. The molecular formula is C16H21ClN2O3. The van der Waals surface area contributed by atoms with Gasteiger partial charge in [-0.05, 0) is 30.5 Å². The summed E-state index contributed by atoms with van der Waals surface area (Å²) in [6.45, 7) is 3.57. The van der Waals surface area contributed by atoms with E-state index in [1.165, 1.54) is 6.92 Å². The van der Waals surface area contributed by atoms with Gasteiger partial charge in [-0.3, -0.25) is 9.59 Å². The minimum atomic E-state index is -0.331. The molecule has 1 aromatic rings. The lowest BCUT2D eigenvalue weighted by atomic mass is 10.2. The van der Waals surface area contributed by atoms with Crippen LogP contribution in [0.4, 0.5) is 0 Å². The van der Waals surface area contributed by atoms with E-state index in [1.807, 2.05) is 12.1 Å². The molecule has 2 amide bonds. The number of carbonyl (C=O) groups is 2. The molecule has 2 rings (SSSR count). The Bertz CT molecular complexity index is 513. The highest BCUT2D eigenvalue weighted by molar-refractivity contribution is 6.30. The van der Waals surface area contributed by atoms with Gasteiger partial charge < -0.3 is 15.0 Å². The van der Waals surface area contributed by atoms with E-state index in [9.17, 15) is 9.59 Å². The van der Waals surface area contributed by atoms with E-state index in [-0.39, 0.29) is 17.9 Å². The van der Waals surface area contributed by atoms with E-state index in [1.54, 1.807) is 17.0 Å². The van der Waals surface area contributed by atoms with E-state index < -0.39 is 0 Å². The van der Waals surface area contributed by atoms with Crippen LogP contribution >= 0.6 is 11.6 Å². The van der Waals surface area contributed by atoms with Gasteiger partial charge in [-0.15, -0.1) is 0 Å². The molecule has 1 aliphatic rings. The van der Waals surface area contributed by atoms with Gasteiger partial charge in [0.05, 0.1) is 0 Å². The topological polar surface area (TPSA) is 58.6 Å². The van der Waals surface area contributed by atoms with Gasteiger partial charge in [0.25, 0.3) is 0 Å². The van der Waals surface area contributed by atoms with Crippen LogP contribution in [-0.4, -0.2) is 42.5 Å². The molecule has 22 heavy (non-hydrogen) atoms. The minimum absolute atomic E-state index is 0.0266. The highest BCUT2D eigenvalue weighted by Crippen LogP contribution is 2.12. The Morgan fingerprint density at radius 1 is 1.36 bits per heavy atom. The largest absolute Gasteiger partial charge is 0.368 e. The Hall–Kier alpha value is -1.59. The van der Waals surface area contributed by atoms with Gasteiger partial charge in [-0.1, -0.05) is 23.7 Å². The number of nitrogens with one attached hydrogen (secondary N) is 1. The van der Waals surface area contributed by atoms with Crippen LogP contribution in [0.2, 0.25) is 5.02 Å². The molecule has 1 unspecified atom stereocenters. The number of halogens is 1. The molecule has 1 aromatic carbocycles. The third-order valence-electron chi connectivity index (χ3n) is 3.64. The molecule has 0 bridgehead atoms. The quantitative estimate of drug-likeness (QED) is 0.870. The monoisotopic (exact) mass is 324 g/mol. The normalized spacial score (nSPS) is 17.3. The third kappa shape index (κ3) is 5.00. The van der Waals surface area contributed by atoms with Crippen molar-refractivity contribution in [3.63, 3.8) is 0 Å². The summed E-state index contributed by atoms with van der Waals surface area (Å²) >= 11 is 5.85. The summed E-state index contributed by atoms with van der Waals surface area (Å²) in [5.41, 5.74) is 1.00.